The maximum absolute atomic E-state index is 11.9. The molecule has 1 amide bonds. The number of nitrogens with one attached hydrogen (secondary N) is 1. The van der Waals surface area contributed by atoms with Crippen LogP contribution >= 0.6 is 15.9 Å². The van der Waals surface area contributed by atoms with Crippen LogP contribution in [0.5, 0.6) is 0 Å². The van der Waals surface area contributed by atoms with E-state index in [1.54, 1.807) is 0 Å². The van der Waals surface area contributed by atoms with Crippen molar-refractivity contribution in [3.05, 3.63) is 70.3 Å². The Kier molecular flexibility index (Phi) is 3.77. The largest absolute Gasteiger partial charge is 0.342 e. The van der Waals surface area contributed by atoms with Gasteiger partial charge in [-0.1, -0.05) is 46.3 Å². The third-order valence-electron chi connectivity index (χ3n) is 3.43. The summed E-state index contributed by atoms with van der Waals surface area (Å²) in [4.78, 5) is 11.9. The first-order valence-corrected chi connectivity index (χ1v) is 7.31. The van der Waals surface area contributed by atoms with Crippen molar-refractivity contribution in [3.63, 3.8) is 0 Å². The van der Waals surface area contributed by atoms with Crippen LogP contribution in [-0.2, 0) is 6.54 Å². The van der Waals surface area contributed by atoms with Crippen LogP contribution in [0.25, 0.3) is 10.9 Å². The summed E-state index contributed by atoms with van der Waals surface area (Å²) in [5, 5.41) is 0.901. The number of aromatic nitrogens is 1. The van der Waals surface area contributed by atoms with Crippen LogP contribution in [0.4, 0.5) is 0 Å². The Labute approximate surface area is 130 Å². The third-order valence-corrected chi connectivity index (χ3v) is 3.96. The Bertz CT molecular complexity index is 793. The molecule has 4 nitrogen and oxygen atoms in total. The van der Waals surface area contributed by atoms with Crippen LogP contribution in [0.3, 0.4) is 0 Å². The van der Waals surface area contributed by atoms with Crippen molar-refractivity contribution >= 4 is 32.7 Å². The minimum absolute atomic E-state index is 0.277. The van der Waals surface area contributed by atoms with Gasteiger partial charge in [-0.2, -0.15) is 0 Å². The van der Waals surface area contributed by atoms with Gasteiger partial charge in [0.2, 0.25) is 0 Å². The normalized spacial score (nSPS) is 10.8. The minimum Gasteiger partial charge on any atom is -0.342 e. The van der Waals surface area contributed by atoms with Crippen molar-refractivity contribution < 1.29 is 4.79 Å². The van der Waals surface area contributed by atoms with Gasteiger partial charge in [-0.25, -0.2) is 5.84 Å². The van der Waals surface area contributed by atoms with E-state index in [0.717, 1.165) is 15.4 Å². The maximum Gasteiger partial charge on any atom is 0.267 e. The zero-order valence-corrected chi connectivity index (χ0v) is 12.8. The van der Waals surface area contributed by atoms with E-state index in [4.69, 9.17) is 5.84 Å². The summed E-state index contributed by atoms with van der Waals surface area (Å²) in [6.45, 7) is 0.700. The van der Waals surface area contributed by atoms with Crippen molar-refractivity contribution in [2.45, 2.75) is 6.54 Å². The summed E-state index contributed by atoms with van der Waals surface area (Å²) in [6.07, 6.45) is 1.84. The second-order valence-corrected chi connectivity index (χ2v) is 5.70. The van der Waals surface area contributed by atoms with E-state index < -0.39 is 0 Å². The lowest BCUT2D eigenvalue weighted by atomic mass is 10.2. The Balaban J connectivity index is 2.06. The predicted octanol–water partition coefficient (Wildman–Crippen LogP) is 3.06. The number of hydrogen-bond acceptors (Lipinski definition) is 2. The monoisotopic (exact) mass is 343 g/mol. The molecule has 0 aliphatic carbocycles. The van der Waals surface area contributed by atoms with Crippen LogP contribution < -0.4 is 11.3 Å². The smallest absolute Gasteiger partial charge is 0.267 e. The van der Waals surface area contributed by atoms with Gasteiger partial charge in [0.05, 0.1) is 5.56 Å². The molecule has 0 aliphatic heterocycles. The van der Waals surface area contributed by atoms with Gasteiger partial charge in [-0.05, 0) is 23.8 Å². The van der Waals surface area contributed by atoms with E-state index >= 15 is 0 Å². The SMILES string of the molecule is NNC(=O)c1cn(Cc2ccc(Br)cc2)c2ccccc12. The molecule has 3 N–H and O–H groups in total. The molecule has 0 spiro atoms. The van der Waals surface area contributed by atoms with Crippen LogP contribution in [0.1, 0.15) is 15.9 Å². The summed E-state index contributed by atoms with van der Waals surface area (Å²) in [6, 6.07) is 15.9. The second-order valence-electron chi connectivity index (χ2n) is 4.79. The first-order valence-electron chi connectivity index (χ1n) is 6.52. The molecule has 21 heavy (non-hydrogen) atoms. The van der Waals surface area contributed by atoms with Crippen molar-refractivity contribution in [2.75, 3.05) is 0 Å². The highest BCUT2D eigenvalue weighted by Gasteiger charge is 2.13. The lowest BCUT2D eigenvalue weighted by Crippen LogP contribution is -2.29. The Morgan fingerprint density at radius 1 is 1.14 bits per heavy atom. The zero-order valence-electron chi connectivity index (χ0n) is 11.2. The fourth-order valence-corrected chi connectivity index (χ4v) is 2.69. The number of nitrogen functional groups attached to an aromatic ring is 1. The number of rotatable bonds is 3. The highest BCUT2D eigenvalue weighted by Crippen LogP contribution is 2.22. The first-order chi connectivity index (χ1) is 10.2. The van der Waals surface area contributed by atoms with Gasteiger partial charge in [0.1, 0.15) is 0 Å². The molecule has 0 aliphatic rings. The number of hydrazine groups is 1. The predicted molar refractivity (Wildman–Crippen MR) is 86.8 cm³/mol. The van der Waals surface area contributed by atoms with Crippen LogP contribution in [0.15, 0.2) is 59.2 Å². The van der Waals surface area contributed by atoms with E-state index in [-0.39, 0.29) is 5.91 Å². The van der Waals surface area contributed by atoms with Crippen molar-refractivity contribution in [1.82, 2.24) is 9.99 Å². The fraction of sp³-hybridized carbons (Fsp3) is 0.0625. The molecule has 1 heterocycles. The summed E-state index contributed by atoms with van der Waals surface area (Å²) in [7, 11) is 0. The molecule has 1 aromatic heterocycles. The van der Waals surface area contributed by atoms with Crippen LogP contribution in [0.2, 0.25) is 0 Å². The average molecular weight is 344 g/mol. The molecule has 0 radical (unpaired) electrons. The number of carbonyl (C=O) groups excluding carboxylic acids is 1. The number of benzene rings is 2. The molecule has 3 aromatic rings. The molecule has 0 bridgehead atoms. The summed E-state index contributed by atoms with van der Waals surface area (Å²) in [5.74, 6) is 4.98. The lowest BCUT2D eigenvalue weighted by Gasteiger charge is -2.05. The van der Waals surface area contributed by atoms with Gasteiger partial charge in [-0.15, -0.1) is 0 Å². The molecule has 0 fully saturated rings. The summed E-state index contributed by atoms with van der Waals surface area (Å²) in [5.41, 5.74) is 4.97. The maximum atomic E-state index is 11.9. The Morgan fingerprint density at radius 3 is 2.57 bits per heavy atom. The van der Waals surface area contributed by atoms with Crippen LogP contribution in [0, 0.1) is 0 Å². The van der Waals surface area contributed by atoms with E-state index in [1.807, 2.05) is 42.6 Å². The standard InChI is InChI=1S/C16H14BrN3O/c17-12-7-5-11(6-8-12)9-20-10-14(16(21)19-18)13-3-1-2-4-15(13)20/h1-8,10H,9,18H2,(H,19,21). The second kappa shape index (κ2) is 5.71. The summed E-state index contributed by atoms with van der Waals surface area (Å²) >= 11 is 3.43. The van der Waals surface area contributed by atoms with Gasteiger partial charge < -0.3 is 4.57 Å². The van der Waals surface area contributed by atoms with E-state index in [9.17, 15) is 4.79 Å². The highest BCUT2D eigenvalue weighted by atomic mass is 79.9. The number of hydrogen-bond donors (Lipinski definition) is 2. The molecule has 5 heteroatoms. The van der Waals surface area contributed by atoms with E-state index in [1.165, 1.54) is 5.56 Å². The molecule has 3 rings (SSSR count). The number of carbonyl (C=O) groups is 1. The molecular formula is C16H14BrN3O. The van der Waals surface area contributed by atoms with Crippen LogP contribution in [-0.4, -0.2) is 10.5 Å². The number of amides is 1. The third kappa shape index (κ3) is 2.70. The topological polar surface area (TPSA) is 60.0 Å². The number of halogens is 1. The fourth-order valence-electron chi connectivity index (χ4n) is 2.42. The van der Waals surface area contributed by atoms with Crippen molar-refractivity contribution in [1.29, 1.82) is 0 Å². The van der Waals surface area contributed by atoms with Crippen molar-refractivity contribution in [3.8, 4) is 0 Å². The number of nitrogens with zero attached hydrogens (tertiary/aromatic N) is 1. The zero-order chi connectivity index (χ0) is 14.8. The van der Waals surface area contributed by atoms with Gasteiger partial charge >= 0.3 is 0 Å². The highest BCUT2D eigenvalue weighted by molar-refractivity contribution is 9.10. The average Bonchev–Trinajstić information content (AvgIpc) is 2.88. The molecule has 0 saturated carbocycles. The quantitative estimate of drug-likeness (QED) is 0.436. The van der Waals surface area contributed by atoms with Gasteiger partial charge in [0.15, 0.2) is 0 Å². The molecule has 0 saturated heterocycles. The molecule has 2 aromatic carbocycles. The Morgan fingerprint density at radius 2 is 1.86 bits per heavy atom. The number of fused-ring (bicyclic) bond motifs is 1. The van der Waals surface area contributed by atoms with Gasteiger partial charge in [0.25, 0.3) is 5.91 Å². The minimum atomic E-state index is -0.277. The van der Waals surface area contributed by atoms with Gasteiger partial charge in [-0.3, -0.25) is 10.2 Å². The van der Waals surface area contributed by atoms with Crippen molar-refractivity contribution in [2.24, 2.45) is 5.84 Å². The number of para-hydroxylation sites is 1. The summed E-state index contributed by atoms with van der Waals surface area (Å²) < 4.78 is 3.11. The molecule has 106 valence electrons. The number of nitrogens with two attached hydrogens (primary N) is 1. The van der Waals surface area contributed by atoms with E-state index in [2.05, 4.69) is 38.1 Å². The molecule has 0 unspecified atom stereocenters. The lowest BCUT2D eigenvalue weighted by molar-refractivity contribution is 0.0955. The first kappa shape index (κ1) is 13.9. The van der Waals surface area contributed by atoms with Gasteiger partial charge in [0, 0.05) is 28.1 Å². The Hall–Kier alpha value is -2.11. The molecular weight excluding hydrogens is 330 g/mol. The van der Waals surface area contributed by atoms with E-state index in [0.29, 0.717) is 12.1 Å². The molecule has 0 atom stereocenters.